The smallest absolute Gasteiger partial charge is 0.0389 e. The van der Waals surface area contributed by atoms with E-state index in [1.807, 2.05) is 11.3 Å². The van der Waals surface area contributed by atoms with E-state index in [9.17, 15) is 0 Å². The second-order valence-electron chi connectivity index (χ2n) is 3.05. The molecule has 2 N–H and O–H groups in total. The van der Waals surface area contributed by atoms with Gasteiger partial charge in [-0.1, -0.05) is 20.3 Å². The van der Waals surface area contributed by atoms with Crippen molar-refractivity contribution >= 4 is 11.3 Å². The first-order chi connectivity index (χ1) is 5.77. The van der Waals surface area contributed by atoms with Gasteiger partial charge in [-0.2, -0.15) is 0 Å². The fourth-order valence-electron chi connectivity index (χ4n) is 1.24. The average Bonchev–Trinajstić information content (AvgIpc) is 2.52. The Balaban J connectivity index is 2.61. The first kappa shape index (κ1) is 9.75. The molecule has 1 rings (SSSR count). The quantitative estimate of drug-likeness (QED) is 0.762. The molecular weight excluding hydrogens is 166 g/mol. The predicted molar refractivity (Wildman–Crippen MR) is 55.5 cm³/mol. The van der Waals surface area contributed by atoms with Gasteiger partial charge in [-0.25, -0.2) is 0 Å². The summed E-state index contributed by atoms with van der Waals surface area (Å²) in [5, 5.41) is 0. The third-order valence-electron chi connectivity index (χ3n) is 2.00. The zero-order chi connectivity index (χ0) is 8.97. The fourth-order valence-corrected chi connectivity index (χ4v) is 2.23. The van der Waals surface area contributed by atoms with Crippen molar-refractivity contribution in [3.63, 3.8) is 0 Å². The Morgan fingerprint density at radius 1 is 1.42 bits per heavy atom. The molecule has 0 fully saturated rings. The van der Waals surface area contributed by atoms with Gasteiger partial charge >= 0.3 is 0 Å². The number of aryl methyl sites for hydroxylation is 1. The highest BCUT2D eigenvalue weighted by Crippen LogP contribution is 2.24. The Kier molecular flexibility index (Phi) is 3.76. The van der Waals surface area contributed by atoms with Gasteiger partial charge in [0.1, 0.15) is 0 Å². The Hall–Kier alpha value is -0.340. The number of thiophene rings is 1. The van der Waals surface area contributed by atoms with Crippen molar-refractivity contribution < 1.29 is 0 Å². The van der Waals surface area contributed by atoms with Crippen LogP contribution < -0.4 is 5.73 Å². The number of hydrogen-bond acceptors (Lipinski definition) is 2. The summed E-state index contributed by atoms with van der Waals surface area (Å²) in [6.45, 7) is 4.36. The predicted octanol–water partition coefficient (Wildman–Crippen LogP) is 3.11. The van der Waals surface area contributed by atoms with Gasteiger partial charge in [-0.3, -0.25) is 0 Å². The highest BCUT2D eigenvalue weighted by atomic mass is 32.1. The average molecular weight is 183 g/mol. The summed E-state index contributed by atoms with van der Waals surface area (Å²) in [5.74, 6) is 0. The lowest BCUT2D eigenvalue weighted by molar-refractivity contribution is 0.648. The summed E-state index contributed by atoms with van der Waals surface area (Å²) in [4.78, 5) is 2.78. The molecule has 0 aromatic carbocycles. The minimum absolute atomic E-state index is 0.264. The van der Waals surface area contributed by atoms with E-state index in [1.165, 1.54) is 16.2 Å². The molecule has 1 aromatic rings. The lowest BCUT2D eigenvalue weighted by atomic mass is 10.1. The van der Waals surface area contributed by atoms with Gasteiger partial charge in [0, 0.05) is 15.8 Å². The maximum absolute atomic E-state index is 5.98. The van der Waals surface area contributed by atoms with Gasteiger partial charge in [0.2, 0.25) is 0 Å². The molecule has 0 bridgehead atoms. The van der Waals surface area contributed by atoms with Crippen LogP contribution in [0.3, 0.4) is 0 Å². The van der Waals surface area contributed by atoms with E-state index in [4.69, 9.17) is 5.73 Å². The molecule has 1 heterocycles. The Bertz CT molecular complexity index is 229. The maximum atomic E-state index is 5.98. The van der Waals surface area contributed by atoms with Gasteiger partial charge in [-0.15, -0.1) is 11.3 Å². The Morgan fingerprint density at radius 2 is 2.17 bits per heavy atom. The molecule has 1 atom stereocenters. The zero-order valence-electron chi connectivity index (χ0n) is 7.84. The SMILES string of the molecule is CCC[C@@H](N)c1ccc(CC)s1. The molecule has 0 radical (unpaired) electrons. The van der Waals surface area contributed by atoms with Gasteiger partial charge in [-0.05, 0) is 25.0 Å². The van der Waals surface area contributed by atoms with Crippen molar-refractivity contribution in [2.45, 2.75) is 39.2 Å². The number of hydrogen-bond donors (Lipinski definition) is 1. The maximum Gasteiger partial charge on any atom is 0.0389 e. The summed E-state index contributed by atoms with van der Waals surface area (Å²) < 4.78 is 0. The number of nitrogens with two attached hydrogens (primary N) is 1. The van der Waals surface area contributed by atoms with E-state index >= 15 is 0 Å². The first-order valence-corrected chi connectivity index (χ1v) is 5.43. The van der Waals surface area contributed by atoms with Crippen LogP contribution in [0.5, 0.6) is 0 Å². The van der Waals surface area contributed by atoms with Crippen molar-refractivity contribution in [3.05, 3.63) is 21.9 Å². The minimum atomic E-state index is 0.264. The molecule has 0 amide bonds. The second-order valence-corrected chi connectivity index (χ2v) is 4.25. The first-order valence-electron chi connectivity index (χ1n) is 4.62. The normalized spacial score (nSPS) is 13.2. The van der Waals surface area contributed by atoms with Crippen molar-refractivity contribution in [2.24, 2.45) is 5.73 Å². The molecule has 0 aliphatic carbocycles. The van der Waals surface area contributed by atoms with Gasteiger partial charge in [0.15, 0.2) is 0 Å². The van der Waals surface area contributed by atoms with Gasteiger partial charge in [0.05, 0.1) is 0 Å². The summed E-state index contributed by atoms with van der Waals surface area (Å²) in [6.07, 6.45) is 3.40. The largest absolute Gasteiger partial charge is 0.323 e. The highest BCUT2D eigenvalue weighted by Gasteiger charge is 2.06. The van der Waals surface area contributed by atoms with Crippen molar-refractivity contribution in [1.82, 2.24) is 0 Å². The molecule has 0 saturated heterocycles. The van der Waals surface area contributed by atoms with Crippen LogP contribution in [-0.2, 0) is 6.42 Å². The monoisotopic (exact) mass is 183 g/mol. The summed E-state index contributed by atoms with van der Waals surface area (Å²) in [6, 6.07) is 4.62. The third kappa shape index (κ3) is 2.32. The topological polar surface area (TPSA) is 26.0 Å². The van der Waals surface area contributed by atoms with Crippen LogP contribution in [0.15, 0.2) is 12.1 Å². The molecule has 2 heteroatoms. The van der Waals surface area contributed by atoms with Crippen LogP contribution in [0, 0.1) is 0 Å². The van der Waals surface area contributed by atoms with Gasteiger partial charge in [0.25, 0.3) is 0 Å². The van der Waals surface area contributed by atoms with Crippen LogP contribution in [0.25, 0.3) is 0 Å². The van der Waals surface area contributed by atoms with Crippen molar-refractivity contribution in [2.75, 3.05) is 0 Å². The molecular formula is C10H17NS. The van der Waals surface area contributed by atoms with E-state index < -0.39 is 0 Å². The third-order valence-corrected chi connectivity index (χ3v) is 3.36. The van der Waals surface area contributed by atoms with Crippen LogP contribution in [-0.4, -0.2) is 0 Å². The molecule has 0 spiro atoms. The summed E-state index contributed by atoms with van der Waals surface area (Å²) in [5.41, 5.74) is 5.98. The van der Waals surface area contributed by atoms with Crippen molar-refractivity contribution in [3.8, 4) is 0 Å². The number of rotatable bonds is 4. The molecule has 68 valence electrons. The molecule has 12 heavy (non-hydrogen) atoms. The standard InChI is InChI=1S/C10H17NS/c1-3-5-9(11)10-7-6-8(4-2)12-10/h6-7,9H,3-5,11H2,1-2H3/t9-/m1/s1. The van der Waals surface area contributed by atoms with E-state index in [2.05, 4.69) is 26.0 Å². The molecule has 0 aliphatic rings. The van der Waals surface area contributed by atoms with Crippen LogP contribution in [0.4, 0.5) is 0 Å². The molecule has 1 aromatic heterocycles. The van der Waals surface area contributed by atoms with Crippen molar-refractivity contribution in [1.29, 1.82) is 0 Å². The Morgan fingerprint density at radius 3 is 2.67 bits per heavy atom. The highest BCUT2D eigenvalue weighted by molar-refractivity contribution is 7.12. The van der Waals surface area contributed by atoms with E-state index in [0.717, 1.165) is 12.8 Å². The Labute approximate surface area is 78.6 Å². The molecule has 0 unspecified atom stereocenters. The summed E-state index contributed by atoms with van der Waals surface area (Å²) >= 11 is 1.86. The molecule has 0 aliphatic heterocycles. The lowest BCUT2D eigenvalue weighted by Gasteiger charge is -2.06. The summed E-state index contributed by atoms with van der Waals surface area (Å²) in [7, 11) is 0. The van der Waals surface area contributed by atoms with E-state index in [1.54, 1.807) is 0 Å². The van der Waals surface area contributed by atoms with Crippen LogP contribution in [0.1, 0.15) is 42.5 Å². The van der Waals surface area contributed by atoms with E-state index in [-0.39, 0.29) is 6.04 Å². The van der Waals surface area contributed by atoms with Gasteiger partial charge < -0.3 is 5.73 Å². The van der Waals surface area contributed by atoms with Crippen LogP contribution >= 0.6 is 11.3 Å². The lowest BCUT2D eigenvalue weighted by Crippen LogP contribution is -2.07. The fraction of sp³-hybridized carbons (Fsp3) is 0.600. The van der Waals surface area contributed by atoms with Crippen LogP contribution in [0.2, 0.25) is 0 Å². The second kappa shape index (κ2) is 4.63. The molecule has 0 saturated carbocycles. The van der Waals surface area contributed by atoms with E-state index in [0.29, 0.717) is 0 Å². The molecule has 1 nitrogen and oxygen atoms in total. The minimum Gasteiger partial charge on any atom is -0.323 e. The zero-order valence-corrected chi connectivity index (χ0v) is 8.66.